The molecule has 9 N–H and O–H groups in total. The number of rotatable bonds is 10. The maximum atomic E-state index is 12.8. The number of nitrogens with two attached hydrogens (primary N) is 3. The lowest BCUT2D eigenvalue weighted by atomic mass is 9.44. The van der Waals surface area contributed by atoms with Gasteiger partial charge in [-0.2, -0.15) is 0 Å². The Balaban J connectivity index is 1.32. The minimum atomic E-state index is -0.902. The smallest absolute Gasteiger partial charge is 0.243 e. The number of nitrogens with one attached hydrogen (secondary N) is 2. The zero-order chi connectivity index (χ0) is 27.7. The first kappa shape index (κ1) is 29.8. The van der Waals surface area contributed by atoms with E-state index < -0.39 is 11.7 Å². The van der Waals surface area contributed by atoms with Crippen LogP contribution in [-0.4, -0.2) is 41.4 Å². The van der Waals surface area contributed by atoms with E-state index >= 15 is 0 Å². The average Bonchev–Trinajstić information content (AvgIpc) is 3.18. The highest BCUT2D eigenvalue weighted by Gasteiger charge is 2.61. The number of fused-ring (bicyclic) bond motifs is 5. The van der Waals surface area contributed by atoms with Crippen LogP contribution < -0.4 is 27.8 Å². The third-order valence-electron chi connectivity index (χ3n) is 11.7. The van der Waals surface area contributed by atoms with Gasteiger partial charge in [0.2, 0.25) is 11.8 Å². The van der Waals surface area contributed by atoms with E-state index in [4.69, 9.17) is 17.2 Å². The molecule has 4 aliphatic carbocycles. The van der Waals surface area contributed by atoms with Crippen molar-refractivity contribution in [2.75, 3.05) is 6.67 Å². The molecule has 9 atom stereocenters. The van der Waals surface area contributed by atoms with Crippen molar-refractivity contribution in [1.82, 2.24) is 10.6 Å². The molecule has 0 heterocycles. The maximum Gasteiger partial charge on any atom is 0.243 e. The average molecular weight is 534 g/mol. The fourth-order valence-corrected chi connectivity index (χ4v) is 9.56. The van der Waals surface area contributed by atoms with Crippen molar-refractivity contribution in [1.29, 1.82) is 0 Å². The van der Waals surface area contributed by atoms with Gasteiger partial charge in [-0.05, 0) is 118 Å². The van der Waals surface area contributed by atoms with Crippen LogP contribution in [0.15, 0.2) is 0 Å². The molecule has 4 fully saturated rings. The minimum absolute atomic E-state index is 0.0194. The van der Waals surface area contributed by atoms with Gasteiger partial charge >= 0.3 is 0 Å². The first-order valence-corrected chi connectivity index (χ1v) is 15.4. The molecule has 0 spiro atoms. The van der Waals surface area contributed by atoms with E-state index in [9.17, 15) is 14.7 Å². The molecule has 0 aromatic carbocycles. The van der Waals surface area contributed by atoms with Crippen molar-refractivity contribution in [3.05, 3.63) is 0 Å². The molecule has 8 nitrogen and oxygen atoms in total. The quantitative estimate of drug-likeness (QED) is 0.237. The molecule has 0 saturated heterocycles. The zero-order valence-corrected chi connectivity index (χ0v) is 24.1. The third-order valence-corrected chi connectivity index (χ3v) is 11.7. The Hall–Kier alpha value is -1.22. The summed E-state index contributed by atoms with van der Waals surface area (Å²) in [6.45, 7) is 6.76. The van der Waals surface area contributed by atoms with Crippen molar-refractivity contribution >= 4 is 11.8 Å². The van der Waals surface area contributed by atoms with Crippen LogP contribution in [-0.2, 0) is 9.59 Å². The van der Waals surface area contributed by atoms with Crippen LogP contribution in [0.2, 0.25) is 0 Å². The molecule has 4 rings (SSSR count). The van der Waals surface area contributed by atoms with E-state index in [0.29, 0.717) is 54.3 Å². The van der Waals surface area contributed by atoms with Crippen molar-refractivity contribution in [3.8, 4) is 0 Å². The Labute approximate surface area is 230 Å². The molecule has 4 saturated carbocycles. The van der Waals surface area contributed by atoms with Gasteiger partial charge in [0, 0.05) is 6.42 Å². The number of hydrogen-bond acceptors (Lipinski definition) is 6. The molecule has 218 valence electrons. The van der Waals surface area contributed by atoms with Crippen molar-refractivity contribution in [3.63, 3.8) is 0 Å². The lowest BCUT2D eigenvalue weighted by molar-refractivity contribution is -0.162. The summed E-state index contributed by atoms with van der Waals surface area (Å²) >= 11 is 0. The summed E-state index contributed by atoms with van der Waals surface area (Å²) in [7, 11) is 0. The van der Waals surface area contributed by atoms with Crippen LogP contribution in [0.1, 0.15) is 111 Å². The van der Waals surface area contributed by atoms with Gasteiger partial charge in [-0.3, -0.25) is 9.59 Å². The first-order valence-electron chi connectivity index (χ1n) is 15.4. The van der Waals surface area contributed by atoms with E-state index in [1.807, 2.05) is 0 Å². The van der Waals surface area contributed by atoms with Crippen LogP contribution >= 0.6 is 0 Å². The number of carbonyl (C=O) groups is 2. The SMILES string of the molecule is CC(N)(N)CCC(NC(=O)CCCC1CCC2C3C(O)CC4CCCCC4(C)C3CCC12C)C(=O)NCN. The van der Waals surface area contributed by atoms with Crippen molar-refractivity contribution in [2.45, 2.75) is 128 Å². The highest BCUT2D eigenvalue weighted by molar-refractivity contribution is 5.87. The molecule has 9 unspecified atom stereocenters. The topological polar surface area (TPSA) is 156 Å². The minimum Gasteiger partial charge on any atom is -0.393 e. The van der Waals surface area contributed by atoms with E-state index in [0.717, 1.165) is 19.3 Å². The molecule has 4 aliphatic rings. The molecule has 0 aromatic rings. The van der Waals surface area contributed by atoms with Gasteiger partial charge in [-0.25, -0.2) is 0 Å². The lowest BCUT2D eigenvalue weighted by Gasteiger charge is -2.62. The van der Waals surface area contributed by atoms with Crippen LogP contribution in [0.4, 0.5) is 0 Å². The highest BCUT2D eigenvalue weighted by Crippen LogP contribution is 2.67. The molecular weight excluding hydrogens is 478 g/mol. The van der Waals surface area contributed by atoms with Gasteiger partial charge < -0.3 is 32.9 Å². The summed E-state index contributed by atoms with van der Waals surface area (Å²) in [6, 6.07) is -0.682. The Morgan fingerprint density at radius 2 is 1.79 bits per heavy atom. The second-order valence-electron chi connectivity index (χ2n) is 14.2. The van der Waals surface area contributed by atoms with Crippen molar-refractivity contribution in [2.24, 2.45) is 57.6 Å². The van der Waals surface area contributed by atoms with Crippen LogP contribution in [0, 0.1) is 40.4 Å². The van der Waals surface area contributed by atoms with Gasteiger partial charge in [-0.1, -0.05) is 26.7 Å². The summed E-state index contributed by atoms with van der Waals surface area (Å²) in [5.41, 5.74) is 17.0. The number of hydrogen-bond donors (Lipinski definition) is 6. The normalized spacial score (nSPS) is 39.4. The summed E-state index contributed by atoms with van der Waals surface area (Å²) in [5, 5.41) is 16.9. The molecule has 0 radical (unpaired) electrons. The van der Waals surface area contributed by atoms with Gasteiger partial charge in [0.05, 0.1) is 18.4 Å². The Morgan fingerprint density at radius 1 is 1.05 bits per heavy atom. The predicted octanol–water partition coefficient (Wildman–Crippen LogP) is 3.11. The number of aliphatic hydroxyl groups is 1. The van der Waals surface area contributed by atoms with Crippen LogP contribution in [0.25, 0.3) is 0 Å². The Bertz CT molecular complexity index is 846. The molecule has 0 aliphatic heterocycles. The standard InChI is InChI=1S/C30H55N5O3/c1-28-14-5-4-7-20(28)17-24(36)26-21-11-10-19(29(21,2)15-12-22(26)28)8-6-9-25(37)35-23(27(38)34-18-31)13-16-30(3,32)33/h19-24,26,36H,4-18,31-33H2,1-3H3,(H,34,38)(H,35,37). The van der Waals surface area contributed by atoms with Crippen molar-refractivity contribution < 1.29 is 14.7 Å². The Morgan fingerprint density at radius 3 is 2.50 bits per heavy atom. The molecule has 0 bridgehead atoms. The molecular formula is C30H55N5O3. The summed E-state index contributed by atoms with van der Waals surface area (Å²) < 4.78 is 0. The zero-order valence-electron chi connectivity index (χ0n) is 24.1. The molecule has 38 heavy (non-hydrogen) atoms. The number of carbonyl (C=O) groups excluding carboxylic acids is 2. The molecule has 8 heteroatoms. The predicted molar refractivity (Wildman–Crippen MR) is 150 cm³/mol. The monoisotopic (exact) mass is 533 g/mol. The molecule has 2 amide bonds. The summed E-state index contributed by atoms with van der Waals surface area (Å²) in [4.78, 5) is 25.2. The fraction of sp³-hybridized carbons (Fsp3) is 0.933. The fourth-order valence-electron chi connectivity index (χ4n) is 9.56. The number of amides is 2. The van der Waals surface area contributed by atoms with Crippen LogP contribution in [0.5, 0.6) is 0 Å². The lowest BCUT2D eigenvalue weighted by Crippen LogP contribution is -2.57. The van der Waals surface area contributed by atoms with Gasteiger partial charge in [0.15, 0.2) is 0 Å². The second kappa shape index (κ2) is 11.7. The van der Waals surface area contributed by atoms with Gasteiger partial charge in [-0.15, -0.1) is 0 Å². The molecule has 0 aromatic heterocycles. The van der Waals surface area contributed by atoms with Crippen LogP contribution in [0.3, 0.4) is 0 Å². The second-order valence-corrected chi connectivity index (χ2v) is 14.2. The highest BCUT2D eigenvalue weighted by atomic mass is 16.3. The van der Waals surface area contributed by atoms with E-state index in [1.54, 1.807) is 6.92 Å². The van der Waals surface area contributed by atoms with E-state index in [-0.39, 0.29) is 30.0 Å². The maximum absolute atomic E-state index is 12.8. The third kappa shape index (κ3) is 6.08. The Kier molecular flexibility index (Phi) is 9.17. The van der Waals surface area contributed by atoms with Gasteiger partial charge in [0.1, 0.15) is 6.04 Å². The summed E-state index contributed by atoms with van der Waals surface area (Å²) in [5.74, 6) is 2.59. The van der Waals surface area contributed by atoms with E-state index in [1.165, 1.54) is 51.4 Å². The number of aliphatic hydroxyl groups excluding tert-OH is 1. The first-order chi connectivity index (χ1) is 17.9. The van der Waals surface area contributed by atoms with E-state index in [2.05, 4.69) is 24.5 Å². The summed E-state index contributed by atoms with van der Waals surface area (Å²) in [6.07, 6.45) is 14.1. The van der Waals surface area contributed by atoms with Gasteiger partial charge in [0.25, 0.3) is 0 Å². The largest absolute Gasteiger partial charge is 0.393 e.